The van der Waals surface area contributed by atoms with Gasteiger partial charge in [-0.2, -0.15) is 0 Å². The average molecular weight is 218 g/mol. The van der Waals surface area contributed by atoms with Gasteiger partial charge in [-0.15, -0.1) is 0 Å². The highest BCUT2D eigenvalue weighted by atomic mass is 31.0. The van der Waals surface area contributed by atoms with E-state index in [1.165, 1.54) is 0 Å². The van der Waals surface area contributed by atoms with Crippen molar-refractivity contribution in [1.82, 2.24) is 0 Å². The quantitative estimate of drug-likeness (QED) is 0.336. The molecule has 0 aliphatic rings. The molecule has 0 radical (unpaired) electrons. The molecular weight excluding hydrogens is 195 g/mol. The minimum Gasteiger partial charge on any atom is -0.382 e. The maximum absolute atomic E-state index is 5.34. The van der Waals surface area contributed by atoms with Crippen LogP contribution in [-0.2, 0) is 9.26 Å². The Kier molecular flexibility index (Phi) is 11.2. The first kappa shape index (κ1) is 14.1. The summed E-state index contributed by atoms with van der Waals surface area (Å²) in [5, 5.41) is 0. The van der Waals surface area contributed by atoms with Gasteiger partial charge in [-0.25, -0.2) is 0 Å². The maximum Gasteiger partial charge on any atom is 0.0507 e. The summed E-state index contributed by atoms with van der Waals surface area (Å²) in [7, 11) is 2.30. The van der Waals surface area contributed by atoms with E-state index in [-0.39, 0.29) is 0 Å². The Morgan fingerprint density at radius 1 is 1.21 bits per heavy atom. The Morgan fingerprint density at radius 2 is 1.93 bits per heavy atom. The third-order valence-electron chi connectivity index (χ3n) is 2.09. The molecule has 0 N–H and O–H groups in total. The average Bonchev–Trinajstić information content (AvgIpc) is 2.21. The van der Waals surface area contributed by atoms with Crippen LogP contribution in [-0.4, -0.2) is 19.8 Å². The van der Waals surface area contributed by atoms with Gasteiger partial charge in [0.05, 0.1) is 6.61 Å². The molecule has 0 saturated carbocycles. The van der Waals surface area contributed by atoms with E-state index in [1.54, 1.807) is 0 Å². The van der Waals surface area contributed by atoms with Crippen molar-refractivity contribution in [3.63, 3.8) is 0 Å². The van der Waals surface area contributed by atoms with E-state index in [0.717, 1.165) is 39.1 Å². The number of hydrogen-bond acceptors (Lipinski definition) is 2. The molecule has 0 aromatic heterocycles. The third-order valence-corrected chi connectivity index (χ3v) is 2.32. The molecule has 0 bridgehead atoms. The van der Waals surface area contributed by atoms with Crippen LogP contribution in [0.4, 0.5) is 0 Å². The van der Waals surface area contributed by atoms with Crippen molar-refractivity contribution in [1.29, 1.82) is 0 Å². The number of hydrogen-bond donors (Lipinski definition) is 0. The summed E-state index contributed by atoms with van der Waals surface area (Å²) < 4.78 is 10.3. The van der Waals surface area contributed by atoms with Gasteiger partial charge in [-0.3, -0.25) is 0 Å². The zero-order valence-electron chi connectivity index (χ0n) is 9.37. The molecular formula is C11H23O2P. The predicted molar refractivity (Wildman–Crippen MR) is 64.3 cm³/mol. The van der Waals surface area contributed by atoms with E-state index >= 15 is 0 Å². The first-order chi connectivity index (χ1) is 6.85. The molecule has 14 heavy (non-hydrogen) atoms. The summed E-state index contributed by atoms with van der Waals surface area (Å²) in [5.74, 6) is 0.599. The summed E-state index contributed by atoms with van der Waals surface area (Å²) in [5.41, 5.74) is 0. The predicted octanol–water partition coefficient (Wildman–Crippen LogP) is 3.19. The van der Waals surface area contributed by atoms with Crippen molar-refractivity contribution in [2.45, 2.75) is 33.1 Å². The lowest BCUT2D eigenvalue weighted by Gasteiger charge is -2.11. The lowest BCUT2D eigenvalue weighted by atomic mass is 10.0. The highest BCUT2D eigenvalue weighted by Crippen LogP contribution is 2.12. The van der Waals surface area contributed by atoms with Crippen LogP contribution in [0.2, 0.25) is 0 Å². The van der Waals surface area contributed by atoms with E-state index in [2.05, 4.69) is 28.5 Å². The molecule has 0 amide bonds. The van der Waals surface area contributed by atoms with Crippen molar-refractivity contribution in [3.8, 4) is 0 Å². The van der Waals surface area contributed by atoms with Gasteiger partial charge in [0.1, 0.15) is 0 Å². The zero-order valence-corrected chi connectivity index (χ0v) is 10.5. The lowest BCUT2D eigenvalue weighted by molar-refractivity contribution is 0.134. The second kappa shape index (κ2) is 11.2. The number of allylic oxidation sites excluding steroid dienone is 2. The first-order valence-electron chi connectivity index (χ1n) is 5.41. The summed E-state index contributed by atoms with van der Waals surface area (Å²) >= 11 is 0. The molecule has 2 unspecified atom stereocenters. The van der Waals surface area contributed by atoms with Crippen LogP contribution in [0.1, 0.15) is 33.1 Å². The minimum atomic E-state index is 0.599. The van der Waals surface area contributed by atoms with Crippen molar-refractivity contribution in [2.24, 2.45) is 5.92 Å². The summed E-state index contributed by atoms with van der Waals surface area (Å²) in [6, 6.07) is 0. The van der Waals surface area contributed by atoms with Gasteiger partial charge in [0.25, 0.3) is 0 Å². The number of ether oxygens (including phenoxy) is 1. The molecule has 0 saturated heterocycles. The van der Waals surface area contributed by atoms with Crippen molar-refractivity contribution in [2.75, 3.05) is 19.8 Å². The van der Waals surface area contributed by atoms with Crippen LogP contribution in [0.15, 0.2) is 12.2 Å². The molecule has 0 spiro atoms. The maximum atomic E-state index is 5.34. The molecule has 0 aromatic carbocycles. The van der Waals surface area contributed by atoms with Crippen molar-refractivity contribution < 1.29 is 9.26 Å². The van der Waals surface area contributed by atoms with E-state index in [1.807, 2.05) is 6.92 Å². The molecule has 2 atom stereocenters. The number of rotatable bonds is 9. The minimum absolute atomic E-state index is 0.599. The monoisotopic (exact) mass is 218 g/mol. The summed E-state index contributed by atoms with van der Waals surface area (Å²) in [6.07, 6.45) is 7.78. The fourth-order valence-electron chi connectivity index (χ4n) is 1.26. The normalized spacial score (nSPS) is 13.6. The lowest BCUT2D eigenvalue weighted by Crippen LogP contribution is -2.05. The van der Waals surface area contributed by atoms with Gasteiger partial charge < -0.3 is 9.26 Å². The van der Waals surface area contributed by atoms with Gasteiger partial charge in [0.2, 0.25) is 0 Å². The largest absolute Gasteiger partial charge is 0.382 e. The molecule has 0 rings (SSSR count). The van der Waals surface area contributed by atoms with Gasteiger partial charge >= 0.3 is 0 Å². The van der Waals surface area contributed by atoms with Crippen molar-refractivity contribution in [3.05, 3.63) is 12.2 Å². The fourth-order valence-corrected chi connectivity index (χ4v) is 1.40. The van der Waals surface area contributed by atoms with E-state index in [9.17, 15) is 0 Å². The van der Waals surface area contributed by atoms with Gasteiger partial charge in [0.15, 0.2) is 0 Å². The van der Waals surface area contributed by atoms with Gasteiger partial charge in [-0.05, 0) is 32.1 Å². The van der Waals surface area contributed by atoms with Crippen LogP contribution in [0.25, 0.3) is 0 Å². The molecule has 84 valence electrons. The second-order valence-corrected chi connectivity index (χ2v) is 3.57. The topological polar surface area (TPSA) is 18.5 Å². The molecule has 0 fully saturated rings. The van der Waals surface area contributed by atoms with Crippen LogP contribution in [0.5, 0.6) is 0 Å². The Morgan fingerprint density at radius 3 is 2.50 bits per heavy atom. The van der Waals surface area contributed by atoms with Crippen LogP contribution in [0.3, 0.4) is 0 Å². The van der Waals surface area contributed by atoms with Crippen LogP contribution in [0, 0.1) is 5.92 Å². The summed E-state index contributed by atoms with van der Waals surface area (Å²) in [6.45, 7) is 6.65. The highest BCUT2D eigenvalue weighted by molar-refractivity contribution is 7.09. The van der Waals surface area contributed by atoms with Gasteiger partial charge in [0, 0.05) is 22.7 Å². The molecule has 2 nitrogen and oxygen atoms in total. The smallest absolute Gasteiger partial charge is 0.0507 e. The Balaban J connectivity index is 3.66. The zero-order chi connectivity index (χ0) is 10.6. The Bertz CT molecular complexity index is 137. The first-order valence-corrected chi connectivity index (χ1v) is 5.88. The van der Waals surface area contributed by atoms with Gasteiger partial charge in [-0.1, -0.05) is 19.1 Å². The fraction of sp³-hybridized carbons (Fsp3) is 0.818. The standard InChI is InChI=1S/C11H23O2P/c1-3-5-6-11(8-10-13-14)7-9-12-4-2/h5-6,11H,3-4,7-10,14H2,1-2H3. The highest BCUT2D eigenvalue weighted by Gasteiger charge is 2.03. The second-order valence-electron chi connectivity index (χ2n) is 3.24. The Labute approximate surface area is 90.3 Å². The molecule has 0 aromatic rings. The van der Waals surface area contributed by atoms with E-state index < -0.39 is 0 Å². The molecule has 3 heteroatoms. The molecule has 0 aliphatic carbocycles. The van der Waals surface area contributed by atoms with Crippen LogP contribution < -0.4 is 0 Å². The third kappa shape index (κ3) is 8.68. The van der Waals surface area contributed by atoms with E-state index in [0.29, 0.717) is 5.92 Å². The molecule has 0 heterocycles. The van der Waals surface area contributed by atoms with Crippen molar-refractivity contribution >= 4 is 9.47 Å². The van der Waals surface area contributed by atoms with Crippen LogP contribution >= 0.6 is 9.47 Å². The Hall–Kier alpha value is 0.0900. The SMILES string of the molecule is CCC=CC(CCOP)CCOCC. The summed E-state index contributed by atoms with van der Waals surface area (Å²) in [4.78, 5) is 0. The van der Waals surface area contributed by atoms with E-state index in [4.69, 9.17) is 9.26 Å². The molecule has 0 aliphatic heterocycles.